The number of aliphatic carboxylic acids is 1. The second kappa shape index (κ2) is 10.5. The van der Waals surface area contributed by atoms with Gasteiger partial charge in [0.05, 0.1) is 11.8 Å². The number of carbonyl (C=O) groups is 2. The molecular formula is C22H32N2O4. The van der Waals surface area contributed by atoms with Crippen LogP contribution >= 0.6 is 0 Å². The zero-order valence-corrected chi connectivity index (χ0v) is 16.6. The van der Waals surface area contributed by atoms with Crippen molar-refractivity contribution in [1.82, 2.24) is 10.2 Å². The van der Waals surface area contributed by atoms with Crippen molar-refractivity contribution in [2.45, 2.75) is 44.9 Å². The summed E-state index contributed by atoms with van der Waals surface area (Å²) in [5, 5.41) is 12.3. The SMILES string of the molecule is O=C(O)C1CCCCC1C(=O)NCCc1cccc(OCCN2CCCC2)c1. The van der Waals surface area contributed by atoms with E-state index in [0.29, 0.717) is 32.4 Å². The highest BCUT2D eigenvalue weighted by molar-refractivity contribution is 5.84. The summed E-state index contributed by atoms with van der Waals surface area (Å²) in [6.45, 7) is 4.52. The standard InChI is InChI=1S/C22H32N2O4/c25-21(19-8-1-2-9-20(19)22(26)27)23-11-10-17-6-5-7-18(16-17)28-15-14-24-12-3-4-13-24/h5-7,16,19-20H,1-4,8-15H2,(H,23,25)(H,26,27). The van der Waals surface area contributed by atoms with Gasteiger partial charge in [-0.3, -0.25) is 14.5 Å². The molecule has 1 heterocycles. The molecule has 1 saturated carbocycles. The van der Waals surface area contributed by atoms with Crippen molar-refractivity contribution in [1.29, 1.82) is 0 Å². The van der Waals surface area contributed by atoms with Crippen molar-refractivity contribution < 1.29 is 19.4 Å². The van der Waals surface area contributed by atoms with E-state index in [0.717, 1.165) is 30.7 Å². The third-order valence-electron chi connectivity index (χ3n) is 5.91. The molecule has 0 spiro atoms. The van der Waals surface area contributed by atoms with E-state index < -0.39 is 17.8 Å². The van der Waals surface area contributed by atoms with Crippen LogP contribution < -0.4 is 10.1 Å². The molecule has 0 radical (unpaired) electrons. The molecule has 3 rings (SSSR count). The second-order valence-corrected chi connectivity index (χ2v) is 7.92. The number of carboxylic acids is 1. The molecule has 0 aromatic heterocycles. The number of hydrogen-bond acceptors (Lipinski definition) is 4. The molecule has 1 aliphatic heterocycles. The number of nitrogens with one attached hydrogen (secondary N) is 1. The first kappa shape index (κ1) is 20.6. The summed E-state index contributed by atoms with van der Waals surface area (Å²) in [6, 6.07) is 7.99. The maximum atomic E-state index is 12.4. The predicted octanol–water partition coefficient (Wildman–Crippen LogP) is 2.71. The number of nitrogens with zero attached hydrogens (tertiary/aromatic N) is 1. The Bertz CT molecular complexity index is 658. The molecule has 1 saturated heterocycles. The van der Waals surface area contributed by atoms with Crippen molar-refractivity contribution in [3.8, 4) is 5.75 Å². The van der Waals surface area contributed by atoms with Crippen molar-refractivity contribution in [2.75, 3.05) is 32.8 Å². The van der Waals surface area contributed by atoms with Crippen molar-refractivity contribution >= 4 is 11.9 Å². The zero-order valence-electron chi connectivity index (χ0n) is 16.6. The number of rotatable bonds is 9. The van der Waals surface area contributed by atoms with Gasteiger partial charge in [-0.15, -0.1) is 0 Å². The van der Waals surface area contributed by atoms with Crippen LogP contribution in [0.1, 0.15) is 44.1 Å². The molecule has 1 amide bonds. The molecule has 6 heteroatoms. The first-order valence-electron chi connectivity index (χ1n) is 10.6. The van der Waals surface area contributed by atoms with Gasteiger partial charge in [-0.05, 0) is 62.9 Å². The summed E-state index contributed by atoms with van der Waals surface area (Å²) in [4.78, 5) is 26.2. The number of ether oxygens (including phenoxy) is 1. The van der Waals surface area contributed by atoms with Crippen LogP contribution in [0.3, 0.4) is 0 Å². The Hall–Kier alpha value is -2.08. The quantitative estimate of drug-likeness (QED) is 0.680. The van der Waals surface area contributed by atoms with Gasteiger partial charge in [0.25, 0.3) is 0 Å². The van der Waals surface area contributed by atoms with Crippen LogP contribution in [0.2, 0.25) is 0 Å². The van der Waals surface area contributed by atoms with E-state index >= 15 is 0 Å². The minimum atomic E-state index is -0.848. The summed E-state index contributed by atoms with van der Waals surface area (Å²) < 4.78 is 5.88. The van der Waals surface area contributed by atoms with Crippen LogP contribution in [0.5, 0.6) is 5.75 Å². The Morgan fingerprint density at radius 1 is 1.11 bits per heavy atom. The highest BCUT2D eigenvalue weighted by atomic mass is 16.5. The van der Waals surface area contributed by atoms with Crippen molar-refractivity contribution in [3.63, 3.8) is 0 Å². The van der Waals surface area contributed by atoms with Crippen molar-refractivity contribution in [2.24, 2.45) is 11.8 Å². The molecule has 2 unspecified atom stereocenters. The highest BCUT2D eigenvalue weighted by Gasteiger charge is 2.35. The third-order valence-corrected chi connectivity index (χ3v) is 5.91. The van der Waals surface area contributed by atoms with E-state index in [-0.39, 0.29) is 5.91 Å². The van der Waals surface area contributed by atoms with Gasteiger partial charge in [-0.2, -0.15) is 0 Å². The lowest BCUT2D eigenvalue weighted by Crippen LogP contribution is -2.40. The first-order chi connectivity index (χ1) is 13.6. The third kappa shape index (κ3) is 5.96. The average molecular weight is 389 g/mol. The average Bonchev–Trinajstić information content (AvgIpc) is 3.22. The molecule has 6 nitrogen and oxygen atoms in total. The fourth-order valence-electron chi connectivity index (χ4n) is 4.29. The van der Waals surface area contributed by atoms with Gasteiger partial charge < -0.3 is 15.2 Å². The lowest BCUT2D eigenvalue weighted by molar-refractivity contribution is -0.148. The summed E-state index contributed by atoms with van der Waals surface area (Å²) >= 11 is 0. The Morgan fingerprint density at radius 3 is 2.61 bits per heavy atom. The molecule has 2 fully saturated rings. The van der Waals surface area contributed by atoms with Crippen LogP contribution in [0.25, 0.3) is 0 Å². The summed E-state index contributed by atoms with van der Waals surface area (Å²) in [5.41, 5.74) is 1.11. The number of hydrogen-bond donors (Lipinski definition) is 2. The van der Waals surface area contributed by atoms with Gasteiger partial charge >= 0.3 is 5.97 Å². The molecule has 28 heavy (non-hydrogen) atoms. The van der Waals surface area contributed by atoms with Crippen LogP contribution in [0, 0.1) is 11.8 Å². The molecule has 1 aromatic rings. The van der Waals surface area contributed by atoms with Crippen LogP contribution in [-0.4, -0.2) is 54.7 Å². The fraction of sp³-hybridized carbons (Fsp3) is 0.636. The topological polar surface area (TPSA) is 78.9 Å². The number of benzene rings is 1. The molecular weight excluding hydrogens is 356 g/mol. The number of amides is 1. The van der Waals surface area contributed by atoms with Crippen LogP contribution in [0.4, 0.5) is 0 Å². The minimum absolute atomic E-state index is 0.120. The van der Waals surface area contributed by atoms with E-state index in [2.05, 4.69) is 10.2 Å². The molecule has 1 aromatic carbocycles. The smallest absolute Gasteiger partial charge is 0.307 e. The van der Waals surface area contributed by atoms with Gasteiger partial charge in [0.15, 0.2) is 0 Å². The van der Waals surface area contributed by atoms with E-state index in [1.807, 2.05) is 24.3 Å². The van der Waals surface area contributed by atoms with Crippen molar-refractivity contribution in [3.05, 3.63) is 29.8 Å². The van der Waals surface area contributed by atoms with E-state index in [4.69, 9.17) is 4.74 Å². The molecule has 2 aliphatic rings. The Balaban J connectivity index is 1.41. The van der Waals surface area contributed by atoms with Gasteiger partial charge in [-0.25, -0.2) is 0 Å². The number of carbonyl (C=O) groups excluding carboxylic acids is 1. The summed E-state index contributed by atoms with van der Waals surface area (Å²) in [5.74, 6) is -1.04. The Labute approximate surface area is 167 Å². The maximum Gasteiger partial charge on any atom is 0.307 e. The zero-order chi connectivity index (χ0) is 19.8. The van der Waals surface area contributed by atoms with Crippen LogP contribution in [-0.2, 0) is 16.0 Å². The van der Waals surface area contributed by atoms with E-state index in [1.54, 1.807) is 0 Å². The fourth-order valence-corrected chi connectivity index (χ4v) is 4.29. The molecule has 2 N–H and O–H groups in total. The lowest BCUT2D eigenvalue weighted by atomic mass is 9.78. The monoisotopic (exact) mass is 388 g/mol. The number of carboxylic acid groups (broad SMARTS) is 1. The first-order valence-corrected chi connectivity index (χ1v) is 10.6. The Morgan fingerprint density at radius 2 is 1.86 bits per heavy atom. The molecule has 0 bridgehead atoms. The minimum Gasteiger partial charge on any atom is -0.492 e. The van der Waals surface area contributed by atoms with E-state index in [9.17, 15) is 14.7 Å². The van der Waals surface area contributed by atoms with Gasteiger partial charge in [-0.1, -0.05) is 25.0 Å². The highest BCUT2D eigenvalue weighted by Crippen LogP contribution is 2.30. The van der Waals surface area contributed by atoms with E-state index in [1.165, 1.54) is 25.9 Å². The summed E-state index contributed by atoms with van der Waals surface area (Å²) in [7, 11) is 0. The van der Waals surface area contributed by atoms with Gasteiger partial charge in [0, 0.05) is 13.1 Å². The van der Waals surface area contributed by atoms with Gasteiger partial charge in [0.1, 0.15) is 12.4 Å². The lowest BCUT2D eigenvalue weighted by Gasteiger charge is -2.27. The van der Waals surface area contributed by atoms with Gasteiger partial charge in [0.2, 0.25) is 5.91 Å². The van der Waals surface area contributed by atoms with Crippen LogP contribution in [0.15, 0.2) is 24.3 Å². The second-order valence-electron chi connectivity index (χ2n) is 7.92. The molecule has 1 aliphatic carbocycles. The maximum absolute atomic E-state index is 12.4. The largest absolute Gasteiger partial charge is 0.492 e. The Kier molecular flexibility index (Phi) is 7.71. The summed E-state index contributed by atoms with van der Waals surface area (Å²) in [6.07, 6.45) is 6.38. The predicted molar refractivity (Wildman–Crippen MR) is 107 cm³/mol. The molecule has 154 valence electrons. The number of likely N-dealkylation sites (tertiary alicyclic amines) is 1. The normalized spacial score (nSPS) is 22.7. The molecule has 2 atom stereocenters.